The Bertz CT molecular complexity index is 405. The van der Waals surface area contributed by atoms with E-state index in [2.05, 4.69) is 14.9 Å². The molecule has 0 radical (unpaired) electrons. The van der Waals surface area contributed by atoms with E-state index in [4.69, 9.17) is 9.84 Å². The van der Waals surface area contributed by atoms with E-state index in [1.165, 1.54) is 6.33 Å². The molecule has 6 nitrogen and oxygen atoms in total. The fourth-order valence-electron chi connectivity index (χ4n) is 1.69. The molecule has 1 aliphatic heterocycles. The second kappa shape index (κ2) is 5.09. The van der Waals surface area contributed by atoms with Crippen molar-refractivity contribution in [3.63, 3.8) is 0 Å². The van der Waals surface area contributed by atoms with Crippen molar-refractivity contribution in [2.45, 2.75) is 12.8 Å². The quantitative estimate of drug-likeness (QED) is 0.825. The number of ether oxygens (including phenoxy) is 1. The van der Waals surface area contributed by atoms with E-state index in [-0.39, 0.29) is 0 Å². The molecular weight excluding hydrogens is 222 g/mol. The summed E-state index contributed by atoms with van der Waals surface area (Å²) in [6.07, 6.45) is 1.42. The van der Waals surface area contributed by atoms with Gasteiger partial charge in [0.05, 0.1) is 24.8 Å². The lowest BCUT2D eigenvalue weighted by Crippen LogP contribution is -2.36. The number of morpholine rings is 1. The van der Waals surface area contributed by atoms with Gasteiger partial charge in [0.15, 0.2) is 0 Å². The van der Waals surface area contributed by atoms with Crippen LogP contribution < -0.4 is 4.90 Å². The van der Waals surface area contributed by atoms with Crippen LogP contribution in [0.15, 0.2) is 12.4 Å². The predicted molar refractivity (Wildman–Crippen MR) is 61.1 cm³/mol. The number of rotatable bonds is 3. The van der Waals surface area contributed by atoms with Crippen molar-refractivity contribution < 1.29 is 14.6 Å². The van der Waals surface area contributed by atoms with Gasteiger partial charge in [-0.15, -0.1) is 0 Å². The molecule has 1 unspecified atom stereocenters. The van der Waals surface area contributed by atoms with Crippen LogP contribution in [0.25, 0.3) is 0 Å². The monoisotopic (exact) mass is 237 g/mol. The van der Waals surface area contributed by atoms with Crippen LogP contribution in [0.4, 0.5) is 5.82 Å². The first-order valence-electron chi connectivity index (χ1n) is 5.56. The molecule has 2 rings (SSSR count). The minimum absolute atomic E-state index is 0.536. The first-order valence-corrected chi connectivity index (χ1v) is 5.56. The molecule has 0 aliphatic carbocycles. The summed E-state index contributed by atoms with van der Waals surface area (Å²) in [5, 5.41) is 8.94. The summed E-state index contributed by atoms with van der Waals surface area (Å²) in [7, 11) is 0. The summed E-state index contributed by atoms with van der Waals surface area (Å²) in [6.45, 7) is 4.52. The van der Waals surface area contributed by atoms with Crippen LogP contribution in [0, 0.1) is 0 Å². The van der Waals surface area contributed by atoms with Gasteiger partial charge in [-0.3, -0.25) is 4.79 Å². The standard InChI is InChI=1S/C11H15N3O3/c1-8(11(15)16)9-6-10(13-7-12-9)14-2-4-17-5-3-14/h6-8H,2-5H2,1H3,(H,15,16). The molecule has 1 aromatic rings. The largest absolute Gasteiger partial charge is 0.481 e. The van der Waals surface area contributed by atoms with Gasteiger partial charge in [-0.2, -0.15) is 0 Å². The summed E-state index contributed by atoms with van der Waals surface area (Å²) < 4.78 is 5.26. The summed E-state index contributed by atoms with van der Waals surface area (Å²) in [5.41, 5.74) is 0.536. The lowest BCUT2D eigenvalue weighted by atomic mass is 10.1. The predicted octanol–water partition coefficient (Wildman–Crippen LogP) is 0.501. The maximum absolute atomic E-state index is 10.9. The van der Waals surface area contributed by atoms with E-state index in [0.29, 0.717) is 18.9 Å². The Kier molecular flexibility index (Phi) is 3.53. The van der Waals surface area contributed by atoms with Crippen LogP contribution in [0.3, 0.4) is 0 Å². The number of carboxylic acid groups (broad SMARTS) is 1. The highest BCUT2D eigenvalue weighted by Crippen LogP contribution is 2.18. The van der Waals surface area contributed by atoms with Crippen molar-refractivity contribution in [1.82, 2.24) is 9.97 Å². The molecular formula is C11H15N3O3. The van der Waals surface area contributed by atoms with Crippen molar-refractivity contribution >= 4 is 11.8 Å². The Morgan fingerprint density at radius 1 is 1.47 bits per heavy atom. The van der Waals surface area contributed by atoms with Crippen LogP contribution in [0.5, 0.6) is 0 Å². The number of aromatic nitrogens is 2. The average molecular weight is 237 g/mol. The highest BCUT2D eigenvalue weighted by molar-refractivity contribution is 5.75. The second-order valence-electron chi connectivity index (χ2n) is 3.96. The summed E-state index contributed by atoms with van der Waals surface area (Å²) in [5.74, 6) is -0.721. The number of carbonyl (C=O) groups is 1. The van der Waals surface area contributed by atoms with Gasteiger partial charge in [0.2, 0.25) is 0 Å². The van der Waals surface area contributed by atoms with Gasteiger partial charge in [-0.25, -0.2) is 9.97 Å². The lowest BCUT2D eigenvalue weighted by Gasteiger charge is -2.27. The Labute approximate surface area is 99.2 Å². The van der Waals surface area contributed by atoms with Crippen LogP contribution in [0.1, 0.15) is 18.5 Å². The van der Waals surface area contributed by atoms with Crippen molar-refractivity contribution in [3.8, 4) is 0 Å². The SMILES string of the molecule is CC(C(=O)O)c1cc(N2CCOCC2)ncn1. The first-order chi connectivity index (χ1) is 8.18. The molecule has 92 valence electrons. The molecule has 0 aromatic carbocycles. The van der Waals surface area contributed by atoms with Gasteiger partial charge in [0.25, 0.3) is 0 Å². The molecule has 6 heteroatoms. The molecule has 1 aromatic heterocycles. The van der Waals surface area contributed by atoms with Gasteiger partial charge in [0.1, 0.15) is 12.1 Å². The normalized spacial score (nSPS) is 17.8. The number of hydrogen-bond donors (Lipinski definition) is 1. The van der Waals surface area contributed by atoms with E-state index < -0.39 is 11.9 Å². The zero-order chi connectivity index (χ0) is 12.3. The fraction of sp³-hybridized carbons (Fsp3) is 0.545. The van der Waals surface area contributed by atoms with E-state index in [1.54, 1.807) is 13.0 Å². The smallest absolute Gasteiger partial charge is 0.312 e. The van der Waals surface area contributed by atoms with Gasteiger partial charge < -0.3 is 14.7 Å². The average Bonchev–Trinajstić information content (AvgIpc) is 2.39. The molecule has 0 amide bonds. The molecule has 1 aliphatic rings. The van der Waals surface area contributed by atoms with Gasteiger partial charge in [0, 0.05) is 19.2 Å². The first kappa shape index (κ1) is 11.8. The van der Waals surface area contributed by atoms with Gasteiger partial charge in [-0.1, -0.05) is 0 Å². The van der Waals surface area contributed by atoms with Crippen LogP contribution in [-0.4, -0.2) is 47.3 Å². The third-order valence-corrected chi connectivity index (χ3v) is 2.82. The highest BCUT2D eigenvalue weighted by Gasteiger charge is 2.18. The number of anilines is 1. The number of hydrogen-bond acceptors (Lipinski definition) is 5. The number of nitrogens with zero attached hydrogens (tertiary/aromatic N) is 3. The zero-order valence-electron chi connectivity index (χ0n) is 9.67. The highest BCUT2D eigenvalue weighted by atomic mass is 16.5. The molecule has 2 heterocycles. The van der Waals surface area contributed by atoms with Crippen LogP contribution in [-0.2, 0) is 9.53 Å². The summed E-state index contributed by atoms with van der Waals surface area (Å²) >= 11 is 0. The molecule has 17 heavy (non-hydrogen) atoms. The molecule has 1 saturated heterocycles. The zero-order valence-corrected chi connectivity index (χ0v) is 9.67. The maximum atomic E-state index is 10.9. The number of aliphatic carboxylic acids is 1. The topological polar surface area (TPSA) is 75.5 Å². The molecule has 0 bridgehead atoms. The van der Waals surface area contributed by atoms with Crippen molar-refractivity contribution in [2.24, 2.45) is 0 Å². The Balaban J connectivity index is 2.18. The third kappa shape index (κ3) is 2.71. The van der Waals surface area contributed by atoms with Crippen LogP contribution >= 0.6 is 0 Å². The van der Waals surface area contributed by atoms with Crippen LogP contribution in [0.2, 0.25) is 0 Å². The maximum Gasteiger partial charge on any atom is 0.312 e. The number of carboxylic acids is 1. The van der Waals surface area contributed by atoms with Gasteiger partial charge in [-0.05, 0) is 6.92 Å². The Morgan fingerprint density at radius 3 is 2.82 bits per heavy atom. The van der Waals surface area contributed by atoms with Crippen molar-refractivity contribution in [1.29, 1.82) is 0 Å². The Hall–Kier alpha value is -1.69. The lowest BCUT2D eigenvalue weighted by molar-refractivity contribution is -0.138. The van der Waals surface area contributed by atoms with E-state index in [9.17, 15) is 4.79 Å². The van der Waals surface area contributed by atoms with E-state index >= 15 is 0 Å². The molecule has 1 atom stereocenters. The molecule has 0 saturated carbocycles. The summed E-state index contributed by atoms with van der Waals surface area (Å²) in [4.78, 5) is 21.1. The molecule has 0 spiro atoms. The van der Waals surface area contributed by atoms with Gasteiger partial charge >= 0.3 is 5.97 Å². The molecule has 1 fully saturated rings. The summed E-state index contributed by atoms with van der Waals surface area (Å²) in [6, 6.07) is 1.74. The fourth-order valence-corrected chi connectivity index (χ4v) is 1.69. The van der Waals surface area contributed by atoms with Crippen molar-refractivity contribution in [2.75, 3.05) is 31.2 Å². The second-order valence-corrected chi connectivity index (χ2v) is 3.96. The van der Waals surface area contributed by atoms with E-state index in [1.807, 2.05) is 0 Å². The Morgan fingerprint density at radius 2 is 2.18 bits per heavy atom. The molecule has 1 N–H and O–H groups in total. The van der Waals surface area contributed by atoms with E-state index in [0.717, 1.165) is 18.9 Å². The minimum Gasteiger partial charge on any atom is -0.481 e. The third-order valence-electron chi connectivity index (χ3n) is 2.82. The van der Waals surface area contributed by atoms with Crippen molar-refractivity contribution in [3.05, 3.63) is 18.1 Å². The minimum atomic E-state index is -0.878.